The van der Waals surface area contributed by atoms with Crippen LogP contribution in [0, 0.1) is 6.92 Å². The Balaban J connectivity index is 2.57. The van der Waals surface area contributed by atoms with Gasteiger partial charge in [0, 0.05) is 12.2 Å². The van der Waals surface area contributed by atoms with E-state index in [4.69, 9.17) is 5.11 Å². The Hall–Kier alpha value is -1.65. The fourth-order valence-electron chi connectivity index (χ4n) is 1.74. The molecule has 0 amide bonds. The lowest BCUT2D eigenvalue weighted by Crippen LogP contribution is -2.18. The molecule has 1 rings (SSSR count). The van der Waals surface area contributed by atoms with Crippen molar-refractivity contribution in [3.63, 3.8) is 0 Å². The van der Waals surface area contributed by atoms with E-state index in [1.807, 2.05) is 0 Å². The molecule has 1 aromatic heterocycles. The van der Waals surface area contributed by atoms with E-state index in [9.17, 15) is 4.79 Å². The maximum atomic E-state index is 10.8. The normalized spacial score (nSPS) is 12.2. The van der Waals surface area contributed by atoms with Crippen molar-refractivity contribution in [2.75, 3.05) is 5.32 Å². The minimum Gasteiger partial charge on any atom is -0.478 e. The highest BCUT2D eigenvalue weighted by Gasteiger charge is 2.11. The van der Waals surface area contributed by atoms with Crippen LogP contribution in [0.15, 0.2) is 6.20 Å². The molecule has 0 saturated heterocycles. The van der Waals surface area contributed by atoms with Crippen molar-refractivity contribution in [2.24, 2.45) is 0 Å². The number of carboxylic acids is 1. The second-order valence-electron chi connectivity index (χ2n) is 4.54. The zero-order valence-corrected chi connectivity index (χ0v) is 11.2. The van der Waals surface area contributed by atoms with E-state index in [1.54, 1.807) is 6.92 Å². The maximum Gasteiger partial charge on any atom is 0.339 e. The average Bonchev–Trinajstić information content (AvgIpc) is 2.28. The van der Waals surface area contributed by atoms with E-state index in [0.29, 0.717) is 17.7 Å². The Kier molecular flexibility index (Phi) is 5.55. The molecular formula is C13H21N3O2. The first kappa shape index (κ1) is 14.4. The quantitative estimate of drug-likeness (QED) is 0.729. The largest absolute Gasteiger partial charge is 0.478 e. The van der Waals surface area contributed by atoms with Gasteiger partial charge < -0.3 is 10.4 Å². The third-order valence-electron chi connectivity index (χ3n) is 2.83. The highest BCUT2D eigenvalue weighted by atomic mass is 16.4. The topological polar surface area (TPSA) is 75.1 Å². The van der Waals surface area contributed by atoms with Crippen molar-refractivity contribution in [1.29, 1.82) is 0 Å². The third-order valence-corrected chi connectivity index (χ3v) is 2.83. The number of aromatic nitrogens is 2. The summed E-state index contributed by atoms with van der Waals surface area (Å²) in [4.78, 5) is 19.0. The van der Waals surface area contributed by atoms with Gasteiger partial charge in [-0.2, -0.15) is 0 Å². The molecule has 0 aliphatic carbocycles. The van der Waals surface area contributed by atoms with Gasteiger partial charge in [-0.15, -0.1) is 0 Å². The monoisotopic (exact) mass is 251 g/mol. The summed E-state index contributed by atoms with van der Waals surface area (Å²) in [6.07, 6.45) is 6.03. The van der Waals surface area contributed by atoms with Gasteiger partial charge >= 0.3 is 5.97 Å². The number of hydrogen-bond acceptors (Lipinski definition) is 4. The smallest absolute Gasteiger partial charge is 0.339 e. The maximum absolute atomic E-state index is 10.8. The van der Waals surface area contributed by atoms with E-state index in [2.05, 4.69) is 29.1 Å². The van der Waals surface area contributed by atoms with E-state index in [0.717, 1.165) is 6.42 Å². The Morgan fingerprint density at radius 2 is 2.22 bits per heavy atom. The minimum absolute atomic E-state index is 0.152. The molecule has 0 fully saturated rings. The predicted octanol–water partition coefficient (Wildman–Crippen LogP) is 2.86. The van der Waals surface area contributed by atoms with Crippen molar-refractivity contribution in [3.8, 4) is 0 Å². The van der Waals surface area contributed by atoms with Gasteiger partial charge in [0.1, 0.15) is 0 Å². The number of carboxylic acid groups (broad SMARTS) is 1. The molecule has 1 heterocycles. The van der Waals surface area contributed by atoms with Gasteiger partial charge in [-0.05, 0) is 20.3 Å². The zero-order chi connectivity index (χ0) is 13.5. The second kappa shape index (κ2) is 6.93. The van der Waals surface area contributed by atoms with Crippen molar-refractivity contribution >= 4 is 11.9 Å². The molecule has 2 N–H and O–H groups in total. The highest BCUT2D eigenvalue weighted by molar-refractivity contribution is 5.88. The van der Waals surface area contributed by atoms with Crippen LogP contribution in [0.1, 0.15) is 55.6 Å². The van der Waals surface area contributed by atoms with Crippen LogP contribution in [0.3, 0.4) is 0 Å². The summed E-state index contributed by atoms with van der Waals surface area (Å²) in [5.41, 5.74) is 0.639. The van der Waals surface area contributed by atoms with Gasteiger partial charge in [0.15, 0.2) is 0 Å². The number of nitrogens with one attached hydrogen (secondary N) is 1. The molecule has 1 unspecified atom stereocenters. The van der Waals surface area contributed by atoms with Crippen molar-refractivity contribution in [2.45, 2.75) is 52.5 Å². The highest BCUT2D eigenvalue weighted by Crippen LogP contribution is 2.10. The number of aryl methyl sites for hydroxylation is 1. The number of hydrogen-bond donors (Lipinski definition) is 2. The number of anilines is 1. The Morgan fingerprint density at radius 1 is 1.50 bits per heavy atom. The Bertz CT molecular complexity index is 407. The van der Waals surface area contributed by atoms with Crippen molar-refractivity contribution < 1.29 is 9.90 Å². The van der Waals surface area contributed by atoms with Crippen LogP contribution in [0.25, 0.3) is 0 Å². The predicted molar refractivity (Wildman–Crippen MR) is 71.0 cm³/mol. The van der Waals surface area contributed by atoms with Crippen LogP contribution in [0.5, 0.6) is 0 Å². The van der Waals surface area contributed by atoms with Crippen LogP contribution >= 0.6 is 0 Å². The summed E-state index contributed by atoms with van der Waals surface area (Å²) in [5.74, 6) is -0.489. The van der Waals surface area contributed by atoms with Crippen LogP contribution < -0.4 is 5.32 Å². The number of nitrogens with zero attached hydrogens (tertiary/aromatic N) is 2. The van der Waals surface area contributed by atoms with Gasteiger partial charge in [0.25, 0.3) is 0 Å². The van der Waals surface area contributed by atoms with E-state index in [1.165, 1.54) is 25.5 Å². The van der Waals surface area contributed by atoms with Crippen molar-refractivity contribution in [3.05, 3.63) is 17.5 Å². The van der Waals surface area contributed by atoms with Gasteiger partial charge in [0.2, 0.25) is 5.95 Å². The molecule has 5 nitrogen and oxygen atoms in total. The summed E-state index contributed by atoms with van der Waals surface area (Å²) in [6, 6.07) is 0.298. The molecule has 0 radical (unpaired) electrons. The summed E-state index contributed by atoms with van der Waals surface area (Å²) in [5, 5.41) is 12.1. The molecule has 0 bridgehead atoms. The molecule has 0 aromatic carbocycles. The van der Waals surface area contributed by atoms with Crippen LogP contribution in [-0.2, 0) is 0 Å². The van der Waals surface area contributed by atoms with E-state index >= 15 is 0 Å². The van der Waals surface area contributed by atoms with Gasteiger partial charge in [-0.25, -0.2) is 14.8 Å². The van der Waals surface area contributed by atoms with Crippen LogP contribution in [0.4, 0.5) is 5.95 Å². The number of unbranched alkanes of at least 4 members (excludes halogenated alkanes) is 2. The summed E-state index contributed by atoms with van der Waals surface area (Å²) < 4.78 is 0. The Morgan fingerprint density at radius 3 is 2.78 bits per heavy atom. The first-order valence-corrected chi connectivity index (χ1v) is 6.38. The minimum atomic E-state index is -0.991. The molecule has 100 valence electrons. The van der Waals surface area contributed by atoms with Crippen molar-refractivity contribution in [1.82, 2.24) is 9.97 Å². The molecular weight excluding hydrogens is 230 g/mol. The molecule has 0 aliphatic heterocycles. The molecule has 18 heavy (non-hydrogen) atoms. The fraction of sp³-hybridized carbons (Fsp3) is 0.615. The van der Waals surface area contributed by atoms with Gasteiger partial charge in [-0.3, -0.25) is 0 Å². The standard InChI is InChI=1S/C13H21N3O2/c1-4-5-6-7-9(2)15-13-14-8-11(12(17)18)10(3)16-13/h8-9H,4-7H2,1-3H3,(H,17,18)(H,14,15,16). The third kappa shape index (κ3) is 4.31. The molecule has 1 atom stereocenters. The van der Waals surface area contributed by atoms with Crippen LogP contribution in [-0.4, -0.2) is 27.1 Å². The molecule has 0 spiro atoms. The Labute approximate surface area is 108 Å². The lowest BCUT2D eigenvalue weighted by atomic mass is 10.1. The van der Waals surface area contributed by atoms with Gasteiger partial charge in [0.05, 0.1) is 11.3 Å². The molecule has 1 aromatic rings. The van der Waals surface area contributed by atoms with Crippen LogP contribution in [0.2, 0.25) is 0 Å². The molecule has 0 aliphatic rings. The fourth-order valence-corrected chi connectivity index (χ4v) is 1.74. The zero-order valence-electron chi connectivity index (χ0n) is 11.2. The lowest BCUT2D eigenvalue weighted by Gasteiger charge is -2.13. The first-order chi connectivity index (χ1) is 8.54. The molecule has 5 heteroatoms. The summed E-state index contributed by atoms with van der Waals surface area (Å²) >= 11 is 0. The van der Waals surface area contributed by atoms with E-state index < -0.39 is 5.97 Å². The number of rotatable bonds is 7. The number of aromatic carboxylic acids is 1. The summed E-state index contributed by atoms with van der Waals surface area (Å²) in [7, 11) is 0. The lowest BCUT2D eigenvalue weighted by molar-refractivity contribution is 0.0695. The first-order valence-electron chi connectivity index (χ1n) is 6.38. The molecule has 0 saturated carbocycles. The number of carbonyl (C=O) groups is 1. The summed E-state index contributed by atoms with van der Waals surface area (Å²) in [6.45, 7) is 5.94. The van der Waals surface area contributed by atoms with Gasteiger partial charge in [-0.1, -0.05) is 26.2 Å². The second-order valence-corrected chi connectivity index (χ2v) is 4.54. The average molecular weight is 251 g/mol. The van der Waals surface area contributed by atoms with E-state index in [-0.39, 0.29) is 5.56 Å². The SMILES string of the molecule is CCCCCC(C)Nc1ncc(C(=O)O)c(C)n1.